The van der Waals surface area contributed by atoms with Gasteiger partial charge in [0.1, 0.15) is 0 Å². The first kappa shape index (κ1) is 17.7. The highest BCUT2D eigenvalue weighted by Crippen LogP contribution is 2.08. The lowest BCUT2D eigenvalue weighted by molar-refractivity contribution is -0.121. The van der Waals surface area contributed by atoms with E-state index in [0.29, 0.717) is 19.0 Å². The van der Waals surface area contributed by atoms with Gasteiger partial charge in [-0.3, -0.25) is 9.69 Å². The minimum Gasteiger partial charge on any atom is -0.355 e. The van der Waals surface area contributed by atoms with E-state index in [2.05, 4.69) is 53.2 Å². The Labute approximate surface area is 129 Å². The van der Waals surface area contributed by atoms with Crippen LogP contribution in [0.4, 0.5) is 0 Å². The highest BCUT2D eigenvalue weighted by molar-refractivity contribution is 5.76. The molecule has 0 aliphatic rings. The van der Waals surface area contributed by atoms with Crippen molar-refractivity contribution in [3.8, 4) is 0 Å². The summed E-state index contributed by atoms with van der Waals surface area (Å²) in [5, 5.41) is 2.96. The number of carbonyl (C=O) groups excluding carboxylic acids is 1. The monoisotopic (exact) mass is 291 g/mol. The molecule has 1 amide bonds. The average molecular weight is 291 g/mol. The number of nitrogens with zero attached hydrogens (tertiary/aromatic N) is 2. The molecule has 1 aromatic rings. The zero-order valence-corrected chi connectivity index (χ0v) is 13.8. The first-order chi connectivity index (χ1) is 9.99. The molecule has 0 saturated heterocycles. The lowest BCUT2D eigenvalue weighted by atomic mass is 10.2. The summed E-state index contributed by atoms with van der Waals surface area (Å²) in [7, 11) is 4.01. The molecule has 0 bridgehead atoms. The number of likely N-dealkylation sites (N-methyl/N-ethyl adjacent to an activating group) is 1. The van der Waals surface area contributed by atoms with Gasteiger partial charge in [-0.15, -0.1) is 0 Å². The van der Waals surface area contributed by atoms with Crippen LogP contribution >= 0.6 is 0 Å². The van der Waals surface area contributed by atoms with Crippen molar-refractivity contribution in [2.24, 2.45) is 0 Å². The predicted octanol–water partition coefficient (Wildman–Crippen LogP) is 1.96. The van der Waals surface area contributed by atoms with Gasteiger partial charge < -0.3 is 10.2 Å². The van der Waals surface area contributed by atoms with Crippen molar-refractivity contribution < 1.29 is 4.79 Å². The van der Waals surface area contributed by atoms with E-state index in [1.54, 1.807) is 0 Å². The number of nitrogens with one attached hydrogen (secondary N) is 1. The van der Waals surface area contributed by atoms with E-state index in [1.807, 2.05) is 20.2 Å². The van der Waals surface area contributed by atoms with Gasteiger partial charge in [-0.1, -0.05) is 30.3 Å². The Morgan fingerprint density at radius 2 is 1.81 bits per heavy atom. The maximum atomic E-state index is 11.8. The van der Waals surface area contributed by atoms with E-state index < -0.39 is 0 Å². The molecule has 21 heavy (non-hydrogen) atoms. The fourth-order valence-electron chi connectivity index (χ4n) is 2.09. The van der Waals surface area contributed by atoms with Gasteiger partial charge in [0.05, 0.1) is 0 Å². The van der Waals surface area contributed by atoms with Gasteiger partial charge in [0.15, 0.2) is 0 Å². The van der Waals surface area contributed by atoms with Gasteiger partial charge >= 0.3 is 0 Å². The molecule has 0 saturated carbocycles. The number of hydrogen-bond donors (Lipinski definition) is 1. The highest BCUT2D eigenvalue weighted by Gasteiger charge is 2.12. The van der Waals surface area contributed by atoms with Crippen LogP contribution in [0.5, 0.6) is 0 Å². The molecular weight excluding hydrogens is 262 g/mol. The van der Waals surface area contributed by atoms with Crippen LogP contribution in [0.2, 0.25) is 0 Å². The van der Waals surface area contributed by atoms with Crippen LogP contribution in [-0.2, 0) is 11.3 Å². The van der Waals surface area contributed by atoms with Crippen LogP contribution in [0.15, 0.2) is 30.3 Å². The van der Waals surface area contributed by atoms with Crippen molar-refractivity contribution in [2.75, 3.05) is 33.7 Å². The van der Waals surface area contributed by atoms with Gasteiger partial charge in [-0.25, -0.2) is 0 Å². The summed E-state index contributed by atoms with van der Waals surface area (Å²) in [6, 6.07) is 10.8. The molecule has 0 aliphatic heterocycles. The van der Waals surface area contributed by atoms with E-state index in [9.17, 15) is 4.79 Å². The Hall–Kier alpha value is -1.39. The van der Waals surface area contributed by atoms with Gasteiger partial charge in [-0.05, 0) is 33.5 Å². The number of benzene rings is 1. The van der Waals surface area contributed by atoms with Crippen molar-refractivity contribution in [3.05, 3.63) is 35.9 Å². The Morgan fingerprint density at radius 3 is 2.38 bits per heavy atom. The topological polar surface area (TPSA) is 35.6 Å². The van der Waals surface area contributed by atoms with Crippen molar-refractivity contribution in [2.45, 2.75) is 32.9 Å². The molecule has 1 aromatic carbocycles. The predicted molar refractivity (Wildman–Crippen MR) is 88.2 cm³/mol. The fourth-order valence-corrected chi connectivity index (χ4v) is 2.09. The zero-order chi connectivity index (χ0) is 15.7. The Bertz CT molecular complexity index is 404. The molecule has 0 unspecified atom stereocenters. The second kappa shape index (κ2) is 9.53. The van der Waals surface area contributed by atoms with Crippen LogP contribution in [0, 0.1) is 0 Å². The first-order valence-electron chi connectivity index (χ1n) is 7.68. The van der Waals surface area contributed by atoms with Crippen LogP contribution in [0.1, 0.15) is 25.8 Å². The molecule has 4 nitrogen and oxygen atoms in total. The van der Waals surface area contributed by atoms with Gasteiger partial charge in [0, 0.05) is 38.6 Å². The quantitative estimate of drug-likeness (QED) is 0.755. The SMILES string of the molecule is CC(C)N(CCC(=O)NCCN(C)C)Cc1ccccc1. The number of carbonyl (C=O) groups is 1. The molecule has 118 valence electrons. The van der Waals surface area contributed by atoms with E-state index in [1.165, 1.54) is 5.56 Å². The van der Waals surface area contributed by atoms with Crippen molar-refractivity contribution in [3.63, 3.8) is 0 Å². The third-order valence-corrected chi connectivity index (χ3v) is 3.47. The molecule has 0 spiro atoms. The third-order valence-electron chi connectivity index (χ3n) is 3.47. The highest BCUT2D eigenvalue weighted by atomic mass is 16.1. The summed E-state index contributed by atoms with van der Waals surface area (Å²) in [6.07, 6.45) is 0.554. The lowest BCUT2D eigenvalue weighted by Gasteiger charge is -2.26. The van der Waals surface area contributed by atoms with E-state index in [-0.39, 0.29) is 5.91 Å². The summed E-state index contributed by atoms with van der Waals surface area (Å²) >= 11 is 0. The molecule has 0 heterocycles. The molecule has 0 radical (unpaired) electrons. The number of amides is 1. The Kier molecular flexibility index (Phi) is 8.01. The summed E-state index contributed by atoms with van der Waals surface area (Å²) in [5.74, 6) is 0.135. The molecule has 0 aliphatic carbocycles. The second-order valence-corrected chi connectivity index (χ2v) is 5.95. The maximum absolute atomic E-state index is 11.8. The third kappa shape index (κ3) is 7.83. The van der Waals surface area contributed by atoms with Gasteiger partial charge in [-0.2, -0.15) is 0 Å². The zero-order valence-electron chi connectivity index (χ0n) is 13.8. The smallest absolute Gasteiger partial charge is 0.221 e. The summed E-state index contributed by atoms with van der Waals surface area (Å²) in [6.45, 7) is 7.62. The Morgan fingerprint density at radius 1 is 1.14 bits per heavy atom. The van der Waals surface area contributed by atoms with Crippen LogP contribution < -0.4 is 5.32 Å². The molecule has 1 rings (SSSR count). The lowest BCUT2D eigenvalue weighted by Crippen LogP contribution is -2.36. The molecule has 4 heteroatoms. The second-order valence-electron chi connectivity index (χ2n) is 5.95. The van der Waals surface area contributed by atoms with Crippen molar-refractivity contribution >= 4 is 5.91 Å². The fraction of sp³-hybridized carbons (Fsp3) is 0.588. The van der Waals surface area contributed by atoms with E-state index in [4.69, 9.17) is 0 Å². The van der Waals surface area contributed by atoms with Crippen LogP contribution in [-0.4, -0.2) is 55.5 Å². The maximum Gasteiger partial charge on any atom is 0.221 e. The van der Waals surface area contributed by atoms with E-state index >= 15 is 0 Å². The molecule has 0 fully saturated rings. The van der Waals surface area contributed by atoms with Crippen LogP contribution in [0.3, 0.4) is 0 Å². The largest absolute Gasteiger partial charge is 0.355 e. The molecule has 0 aromatic heterocycles. The average Bonchev–Trinajstić information content (AvgIpc) is 2.43. The first-order valence-corrected chi connectivity index (χ1v) is 7.68. The number of rotatable bonds is 9. The summed E-state index contributed by atoms with van der Waals surface area (Å²) in [5.41, 5.74) is 1.29. The Balaban J connectivity index is 2.36. The molecular formula is C17H29N3O. The van der Waals surface area contributed by atoms with Gasteiger partial charge in [0.2, 0.25) is 5.91 Å². The minimum atomic E-state index is 0.135. The number of hydrogen-bond acceptors (Lipinski definition) is 3. The van der Waals surface area contributed by atoms with Gasteiger partial charge in [0.25, 0.3) is 0 Å². The van der Waals surface area contributed by atoms with Crippen molar-refractivity contribution in [1.82, 2.24) is 15.1 Å². The summed E-state index contributed by atoms with van der Waals surface area (Å²) in [4.78, 5) is 16.2. The minimum absolute atomic E-state index is 0.135. The van der Waals surface area contributed by atoms with Crippen LogP contribution in [0.25, 0.3) is 0 Å². The molecule has 0 atom stereocenters. The normalized spacial score (nSPS) is 11.4. The molecule has 1 N–H and O–H groups in total. The standard InChI is InChI=1S/C17H29N3O/c1-15(2)20(14-16-8-6-5-7-9-16)12-10-17(21)18-11-13-19(3)4/h5-9,15H,10-14H2,1-4H3,(H,18,21). The summed E-state index contributed by atoms with van der Waals surface area (Å²) < 4.78 is 0. The van der Waals surface area contributed by atoms with Crippen molar-refractivity contribution in [1.29, 1.82) is 0 Å². The van der Waals surface area contributed by atoms with E-state index in [0.717, 1.165) is 19.6 Å².